The van der Waals surface area contributed by atoms with Gasteiger partial charge in [0.1, 0.15) is 12.4 Å². The Morgan fingerprint density at radius 3 is 2.68 bits per heavy atom. The molecule has 2 aromatic rings. The van der Waals surface area contributed by atoms with Crippen LogP contribution >= 0.6 is 11.6 Å². The number of carbonyl (C=O) groups is 1. The number of hydrogen-bond donors (Lipinski definition) is 1. The molecule has 2 aromatic carbocycles. The summed E-state index contributed by atoms with van der Waals surface area (Å²) >= 11 is 5.91. The van der Waals surface area contributed by atoms with Crippen LogP contribution in [-0.4, -0.2) is 36.5 Å². The second kappa shape index (κ2) is 8.88. The van der Waals surface area contributed by atoms with Crippen molar-refractivity contribution in [2.24, 2.45) is 0 Å². The molecule has 132 valence electrons. The molecule has 1 aliphatic rings. The predicted octanol–water partition coefficient (Wildman–Crippen LogP) is 3.50. The summed E-state index contributed by atoms with van der Waals surface area (Å²) in [7, 11) is 0. The van der Waals surface area contributed by atoms with Crippen molar-refractivity contribution in [3.63, 3.8) is 0 Å². The molecular weight excluding hydrogens is 336 g/mol. The lowest BCUT2D eigenvalue weighted by molar-refractivity contribution is -0.122. The molecule has 1 aliphatic carbocycles. The minimum Gasteiger partial charge on any atom is -0.492 e. The van der Waals surface area contributed by atoms with Crippen molar-refractivity contribution in [3.05, 3.63) is 65.2 Å². The summed E-state index contributed by atoms with van der Waals surface area (Å²) in [5.74, 6) is 0.753. The first-order valence-electron chi connectivity index (χ1n) is 8.64. The molecule has 25 heavy (non-hydrogen) atoms. The SMILES string of the molecule is O=C(CN(Cc1ccccc1)C1CC1)NCCOc1cccc(Cl)c1. The van der Waals surface area contributed by atoms with Crippen LogP contribution in [0, 0.1) is 0 Å². The Hall–Kier alpha value is -2.04. The molecule has 1 fully saturated rings. The van der Waals surface area contributed by atoms with Crippen molar-refractivity contribution in [1.82, 2.24) is 10.2 Å². The summed E-state index contributed by atoms with van der Waals surface area (Å²) in [6.45, 7) is 2.15. The maximum atomic E-state index is 12.2. The second-order valence-corrected chi connectivity index (χ2v) is 6.71. The number of halogens is 1. The number of amides is 1. The normalized spacial score (nSPS) is 13.7. The van der Waals surface area contributed by atoms with Crippen molar-refractivity contribution in [2.45, 2.75) is 25.4 Å². The van der Waals surface area contributed by atoms with Gasteiger partial charge in [0, 0.05) is 17.6 Å². The van der Waals surface area contributed by atoms with E-state index in [1.54, 1.807) is 12.1 Å². The third-order valence-corrected chi connectivity index (χ3v) is 4.36. The third kappa shape index (κ3) is 6.07. The molecule has 3 rings (SSSR count). The van der Waals surface area contributed by atoms with Gasteiger partial charge in [0.15, 0.2) is 0 Å². The van der Waals surface area contributed by atoms with E-state index >= 15 is 0 Å². The lowest BCUT2D eigenvalue weighted by atomic mass is 10.2. The van der Waals surface area contributed by atoms with Gasteiger partial charge < -0.3 is 10.1 Å². The highest BCUT2D eigenvalue weighted by Crippen LogP contribution is 2.27. The summed E-state index contributed by atoms with van der Waals surface area (Å²) < 4.78 is 5.58. The zero-order valence-electron chi connectivity index (χ0n) is 14.2. The molecule has 0 heterocycles. The summed E-state index contributed by atoms with van der Waals surface area (Å²) in [4.78, 5) is 14.5. The van der Waals surface area contributed by atoms with Gasteiger partial charge in [0.05, 0.1) is 13.1 Å². The number of ether oxygens (including phenoxy) is 1. The minimum atomic E-state index is 0.0394. The van der Waals surface area contributed by atoms with Crippen LogP contribution in [-0.2, 0) is 11.3 Å². The standard InChI is InChI=1S/C20H23ClN2O2/c21-17-7-4-8-19(13-17)25-12-11-22-20(24)15-23(18-9-10-18)14-16-5-2-1-3-6-16/h1-8,13,18H,9-12,14-15H2,(H,22,24). The number of hydrogen-bond acceptors (Lipinski definition) is 3. The summed E-state index contributed by atoms with van der Waals surface area (Å²) in [5.41, 5.74) is 1.24. The Bertz CT molecular complexity index is 689. The average Bonchev–Trinajstić information content (AvgIpc) is 3.44. The van der Waals surface area contributed by atoms with Crippen LogP contribution in [0.2, 0.25) is 5.02 Å². The molecule has 0 aromatic heterocycles. The van der Waals surface area contributed by atoms with Gasteiger partial charge >= 0.3 is 0 Å². The first-order chi connectivity index (χ1) is 12.2. The monoisotopic (exact) mass is 358 g/mol. The number of nitrogens with one attached hydrogen (secondary N) is 1. The van der Waals surface area contributed by atoms with Crippen molar-refractivity contribution in [2.75, 3.05) is 19.7 Å². The zero-order chi connectivity index (χ0) is 17.5. The number of carbonyl (C=O) groups excluding carboxylic acids is 1. The Kier molecular flexibility index (Phi) is 6.31. The van der Waals surface area contributed by atoms with Crippen molar-refractivity contribution >= 4 is 17.5 Å². The van der Waals surface area contributed by atoms with E-state index in [2.05, 4.69) is 22.3 Å². The van der Waals surface area contributed by atoms with Gasteiger partial charge in [-0.2, -0.15) is 0 Å². The predicted molar refractivity (Wildman–Crippen MR) is 99.8 cm³/mol. The molecular formula is C20H23ClN2O2. The molecule has 0 unspecified atom stereocenters. The summed E-state index contributed by atoms with van der Waals surface area (Å²) in [6.07, 6.45) is 2.36. The van der Waals surface area contributed by atoms with Gasteiger partial charge in [-0.1, -0.05) is 48.0 Å². The molecule has 4 nitrogen and oxygen atoms in total. The van der Waals surface area contributed by atoms with E-state index in [9.17, 15) is 4.79 Å². The van der Waals surface area contributed by atoms with Crippen LogP contribution in [0.1, 0.15) is 18.4 Å². The van der Waals surface area contributed by atoms with E-state index in [4.69, 9.17) is 16.3 Å². The summed E-state index contributed by atoms with van der Waals surface area (Å²) in [5, 5.41) is 3.57. The largest absolute Gasteiger partial charge is 0.492 e. The molecule has 5 heteroatoms. The van der Waals surface area contributed by atoms with E-state index in [1.165, 1.54) is 18.4 Å². The van der Waals surface area contributed by atoms with Gasteiger partial charge in [-0.05, 0) is 36.6 Å². The first kappa shape index (κ1) is 17.8. The fraction of sp³-hybridized carbons (Fsp3) is 0.350. The molecule has 0 atom stereocenters. The summed E-state index contributed by atoms with van der Waals surface area (Å²) in [6, 6.07) is 18.1. The zero-order valence-corrected chi connectivity index (χ0v) is 14.9. The molecule has 0 spiro atoms. The van der Waals surface area contributed by atoms with Gasteiger partial charge in [-0.15, -0.1) is 0 Å². The minimum absolute atomic E-state index is 0.0394. The number of rotatable bonds is 9. The van der Waals surface area contributed by atoms with E-state index in [-0.39, 0.29) is 5.91 Å². The van der Waals surface area contributed by atoms with Crippen LogP contribution in [0.25, 0.3) is 0 Å². The Balaban J connectivity index is 1.40. The maximum absolute atomic E-state index is 12.2. The Morgan fingerprint density at radius 2 is 1.96 bits per heavy atom. The fourth-order valence-corrected chi connectivity index (χ4v) is 2.91. The Morgan fingerprint density at radius 1 is 1.16 bits per heavy atom. The van der Waals surface area contributed by atoms with Gasteiger partial charge in [0.2, 0.25) is 5.91 Å². The van der Waals surface area contributed by atoms with Crippen molar-refractivity contribution in [3.8, 4) is 5.75 Å². The van der Waals surface area contributed by atoms with Crippen LogP contribution < -0.4 is 10.1 Å². The van der Waals surface area contributed by atoms with Gasteiger partial charge in [-0.3, -0.25) is 9.69 Å². The fourth-order valence-electron chi connectivity index (χ4n) is 2.73. The second-order valence-electron chi connectivity index (χ2n) is 6.28. The van der Waals surface area contributed by atoms with E-state index in [0.29, 0.717) is 36.5 Å². The van der Waals surface area contributed by atoms with E-state index < -0.39 is 0 Å². The van der Waals surface area contributed by atoms with Gasteiger partial charge in [-0.25, -0.2) is 0 Å². The average molecular weight is 359 g/mol. The first-order valence-corrected chi connectivity index (χ1v) is 9.01. The topological polar surface area (TPSA) is 41.6 Å². The van der Waals surface area contributed by atoms with E-state index in [1.807, 2.05) is 30.3 Å². The molecule has 0 radical (unpaired) electrons. The van der Waals surface area contributed by atoms with Crippen LogP contribution in [0.15, 0.2) is 54.6 Å². The quantitative estimate of drug-likeness (QED) is 0.697. The smallest absolute Gasteiger partial charge is 0.234 e. The maximum Gasteiger partial charge on any atom is 0.234 e. The molecule has 0 saturated heterocycles. The molecule has 1 N–H and O–H groups in total. The highest BCUT2D eigenvalue weighted by molar-refractivity contribution is 6.30. The highest BCUT2D eigenvalue weighted by Gasteiger charge is 2.30. The van der Waals surface area contributed by atoms with Gasteiger partial charge in [0.25, 0.3) is 0 Å². The lowest BCUT2D eigenvalue weighted by Gasteiger charge is -2.21. The third-order valence-electron chi connectivity index (χ3n) is 4.13. The van der Waals surface area contributed by atoms with Crippen LogP contribution in [0.3, 0.4) is 0 Å². The number of benzene rings is 2. The van der Waals surface area contributed by atoms with Crippen molar-refractivity contribution in [1.29, 1.82) is 0 Å². The van der Waals surface area contributed by atoms with Crippen LogP contribution in [0.5, 0.6) is 5.75 Å². The van der Waals surface area contributed by atoms with Crippen LogP contribution in [0.4, 0.5) is 0 Å². The van der Waals surface area contributed by atoms with Crippen molar-refractivity contribution < 1.29 is 9.53 Å². The highest BCUT2D eigenvalue weighted by atomic mass is 35.5. The number of nitrogens with zero attached hydrogens (tertiary/aromatic N) is 1. The van der Waals surface area contributed by atoms with E-state index in [0.717, 1.165) is 6.54 Å². The Labute approximate surface area is 153 Å². The molecule has 0 aliphatic heterocycles. The molecule has 1 saturated carbocycles. The lowest BCUT2D eigenvalue weighted by Crippen LogP contribution is -2.39. The molecule has 0 bridgehead atoms. The molecule has 1 amide bonds.